The number of phenolic OH excluding ortho intramolecular Hbond substituents is 1. The second-order valence-electron chi connectivity index (χ2n) is 12.3. The molecule has 1 nitrogen and oxygen atoms in total. The van der Waals surface area contributed by atoms with E-state index < -0.39 is 23.2 Å². The Morgan fingerprint density at radius 3 is 1.84 bits per heavy atom. The fraction of sp³-hybridized carbons (Fsp3) is 0.314. The van der Waals surface area contributed by atoms with E-state index in [-0.39, 0.29) is 10.8 Å². The Bertz CT molecular complexity index is 1340. The van der Waals surface area contributed by atoms with Gasteiger partial charge >= 0.3 is 144 Å². The number of aromatic hydroxyl groups is 1. The first-order valence-electron chi connectivity index (χ1n) is 13.2. The number of hydrogen-bond acceptors (Lipinski definition) is 1. The average molecular weight is 568 g/mol. The summed E-state index contributed by atoms with van der Waals surface area (Å²) in [6.07, 6.45) is 6.88. The molecule has 3 aromatic carbocycles. The zero-order chi connectivity index (χ0) is 27.0. The maximum absolute atomic E-state index is 9.84. The van der Waals surface area contributed by atoms with E-state index in [1.165, 1.54) is 27.8 Å². The van der Waals surface area contributed by atoms with E-state index in [1.807, 2.05) is 6.07 Å². The fourth-order valence-electron chi connectivity index (χ4n) is 5.05. The van der Waals surface area contributed by atoms with Gasteiger partial charge in [0.25, 0.3) is 0 Å². The standard InChI is InChI=1S/C14H22O.C13H9.C8H9.Zr/c1-13(2,3)10-7-8-12(15)11(9-10)14(4,5)6;1-3-7-12-10(5-1)9-11-6-2-4-8-13(11)12;1-7(2)8-5-3-4-6-8;/h7-9,15H,1-6H3;1-9H;3-5H,1-2H3;. The third kappa shape index (κ3) is 6.01. The summed E-state index contributed by atoms with van der Waals surface area (Å²) in [5.41, 5.74) is 11.4. The second-order valence-corrected chi connectivity index (χ2v) is 15.8. The van der Waals surface area contributed by atoms with Crippen molar-refractivity contribution in [2.45, 2.75) is 69.8 Å². The summed E-state index contributed by atoms with van der Waals surface area (Å²) in [7, 11) is 0. The van der Waals surface area contributed by atoms with Crippen LogP contribution in [0.5, 0.6) is 5.75 Å². The van der Waals surface area contributed by atoms with Gasteiger partial charge in [-0.1, -0.05) is 53.7 Å². The monoisotopic (exact) mass is 566 g/mol. The maximum atomic E-state index is 9.84. The predicted molar refractivity (Wildman–Crippen MR) is 155 cm³/mol. The molecule has 0 bridgehead atoms. The molecule has 2 aliphatic rings. The quantitative estimate of drug-likeness (QED) is 0.327. The van der Waals surface area contributed by atoms with Crippen LogP contribution in [0, 0.1) is 0 Å². The number of allylic oxidation sites excluding steroid dienone is 6. The van der Waals surface area contributed by atoms with Crippen molar-refractivity contribution in [3.8, 4) is 16.9 Å². The molecule has 0 radical (unpaired) electrons. The molecule has 0 amide bonds. The summed E-state index contributed by atoms with van der Waals surface area (Å²) in [6.45, 7) is 17.4. The predicted octanol–water partition coefficient (Wildman–Crippen LogP) is 9.62. The summed E-state index contributed by atoms with van der Waals surface area (Å²) in [5.74, 6) is 0.399. The van der Waals surface area contributed by atoms with Gasteiger partial charge in [-0.2, -0.15) is 0 Å². The van der Waals surface area contributed by atoms with E-state index >= 15 is 0 Å². The minimum atomic E-state index is -0.736. The van der Waals surface area contributed by atoms with Crippen molar-refractivity contribution in [1.29, 1.82) is 0 Å². The fourth-order valence-corrected chi connectivity index (χ4v) is 9.49. The van der Waals surface area contributed by atoms with Gasteiger partial charge in [0.05, 0.1) is 0 Å². The van der Waals surface area contributed by atoms with Crippen molar-refractivity contribution in [3.05, 3.63) is 122 Å². The van der Waals surface area contributed by atoms with E-state index in [0.29, 0.717) is 9.38 Å². The molecule has 2 aliphatic carbocycles. The van der Waals surface area contributed by atoms with Gasteiger partial charge in [-0.25, -0.2) is 0 Å². The van der Waals surface area contributed by atoms with E-state index in [0.717, 1.165) is 5.56 Å². The SMILES string of the molecule is CC(C)(C)c1ccc(O)c(C(C)(C)C)c1.CC(C)=C1C=CC=[C]1[Zr][CH]1c2ccccc2-c2ccccc21. The van der Waals surface area contributed by atoms with Crippen LogP contribution >= 0.6 is 0 Å². The van der Waals surface area contributed by atoms with Crippen molar-refractivity contribution in [1.82, 2.24) is 0 Å². The molecule has 190 valence electrons. The third-order valence-corrected chi connectivity index (χ3v) is 11.2. The number of rotatable bonds is 2. The van der Waals surface area contributed by atoms with Crippen molar-refractivity contribution in [2.75, 3.05) is 0 Å². The zero-order valence-corrected chi connectivity index (χ0v) is 26.1. The summed E-state index contributed by atoms with van der Waals surface area (Å²) in [5, 5.41) is 9.84. The Morgan fingerprint density at radius 2 is 1.32 bits per heavy atom. The molecule has 0 atom stereocenters. The molecular formula is C35H40OZr. The van der Waals surface area contributed by atoms with Gasteiger partial charge in [-0.05, 0) is 28.0 Å². The second kappa shape index (κ2) is 10.7. The molecule has 3 aromatic rings. The minimum absolute atomic E-state index is 0.00859. The molecule has 5 rings (SSSR count). The molecule has 0 aromatic heterocycles. The van der Waals surface area contributed by atoms with Crippen LogP contribution in [-0.2, 0) is 34.1 Å². The summed E-state index contributed by atoms with van der Waals surface area (Å²) in [6, 6.07) is 23.9. The molecule has 0 fully saturated rings. The van der Waals surface area contributed by atoms with Gasteiger partial charge in [0.1, 0.15) is 5.75 Å². The molecule has 0 saturated heterocycles. The van der Waals surface area contributed by atoms with Crippen LogP contribution < -0.4 is 0 Å². The van der Waals surface area contributed by atoms with Gasteiger partial charge in [0.15, 0.2) is 0 Å². The first-order valence-corrected chi connectivity index (χ1v) is 15.9. The van der Waals surface area contributed by atoms with Gasteiger partial charge in [0, 0.05) is 0 Å². The van der Waals surface area contributed by atoms with E-state index in [1.54, 1.807) is 20.5 Å². The Balaban J connectivity index is 0.000000188. The number of benzene rings is 3. The third-order valence-electron chi connectivity index (χ3n) is 7.16. The molecule has 2 heteroatoms. The van der Waals surface area contributed by atoms with Crippen molar-refractivity contribution < 1.29 is 28.3 Å². The van der Waals surface area contributed by atoms with Crippen LogP contribution in [-0.4, -0.2) is 5.11 Å². The van der Waals surface area contributed by atoms with Crippen LogP contribution in [0.15, 0.2) is 99.4 Å². The average Bonchev–Trinajstić information content (AvgIpc) is 3.42. The molecule has 0 heterocycles. The van der Waals surface area contributed by atoms with Crippen molar-refractivity contribution in [2.24, 2.45) is 0 Å². The number of hydrogen-bond donors (Lipinski definition) is 1. The Labute approximate surface area is 235 Å². The molecule has 1 N–H and O–H groups in total. The Kier molecular flexibility index (Phi) is 8.01. The summed E-state index contributed by atoms with van der Waals surface area (Å²) in [4.78, 5) is 0. The van der Waals surface area contributed by atoms with E-state index in [4.69, 9.17) is 0 Å². The normalized spacial score (nSPS) is 14.5. The molecule has 37 heavy (non-hydrogen) atoms. The van der Waals surface area contributed by atoms with E-state index in [2.05, 4.69) is 128 Å². The first-order chi connectivity index (χ1) is 17.4. The van der Waals surface area contributed by atoms with Crippen LogP contribution in [0.3, 0.4) is 0 Å². The molecule has 0 unspecified atom stereocenters. The molecule has 0 aliphatic heterocycles. The molecule has 0 saturated carbocycles. The molecule has 0 spiro atoms. The zero-order valence-electron chi connectivity index (χ0n) is 23.6. The van der Waals surface area contributed by atoms with Gasteiger partial charge in [-0.15, -0.1) is 0 Å². The Hall–Kier alpha value is -2.44. The number of phenols is 1. The topological polar surface area (TPSA) is 20.2 Å². The van der Waals surface area contributed by atoms with Gasteiger partial charge in [0.2, 0.25) is 0 Å². The summed E-state index contributed by atoms with van der Waals surface area (Å²) >= 11 is -0.736. The van der Waals surface area contributed by atoms with E-state index in [9.17, 15) is 5.11 Å². The summed E-state index contributed by atoms with van der Waals surface area (Å²) < 4.78 is 2.29. The Morgan fingerprint density at radius 1 is 0.757 bits per heavy atom. The van der Waals surface area contributed by atoms with Crippen LogP contribution in [0.2, 0.25) is 0 Å². The van der Waals surface area contributed by atoms with Gasteiger partial charge < -0.3 is 5.11 Å². The first kappa shape index (κ1) is 27.6. The number of fused-ring (bicyclic) bond motifs is 3. The molecular weight excluding hydrogens is 528 g/mol. The van der Waals surface area contributed by atoms with Crippen LogP contribution in [0.4, 0.5) is 0 Å². The van der Waals surface area contributed by atoms with Crippen molar-refractivity contribution in [3.63, 3.8) is 0 Å². The van der Waals surface area contributed by atoms with Crippen LogP contribution in [0.1, 0.15) is 81.3 Å². The van der Waals surface area contributed by atoms with Gasteiger partial charge in [-0.3, -0.25) is 0 Å². The van der Waals surface area contributed by atoms with Crippen LogP contribution in [0.25, 0.3) is 11.1 Å². The van der Waals surface area contributed by atoms with Crippen molar-refractivity contribution >= 4 is 0 Å².